The Morgan fingerprint density at radius 1 is 0.824 bits per heavy atom. The molecule has 3 aliphatic rings. The van der Waals surface area contributed by atoms with Crippen molar-refractivity contribution >= 4 is 11.6 Å². The number of nitrogens with zero attached hydrogens (tertiary/aromatic N) is 1. The van der Waals surface area contributed by atoms with Crippen LogP contribution in [-0.2, 0) is 14.3 Å². The third-order valence-electron chi connectivity index (χ3n) is 7.28. The van der Waals surface area contributed by atoms with Gasteiger partial charge in [-0.05, 0) is 41.4 Å². The van der Waals surface area contributed by atoms with Crippen LogP contribution in [0.3, 0.4) is 0 Å². The number of hydrogen-bond acceptors (Lipinski definition) is 6. The third-order valence-corrected chi connectivity index (χ3v) is 7.28. The van der Waals surface area contributed by atoms with Crippen molar-refractivity contribution in [3.8, 4) is 11.5 Å². The minimum absolute atomic E-state index is 0.123. The monoisotopic (exact) mass is 467 g/mol. The van der Waals surface area contributed by atoms with Crippen molar-refractivity contribution in [2.45, 2.75) is 59.3 Å². The summed E-state index contributed by atoms with van der Waals surface area (Å²) in [6.45, 7) is 9.74. The number of hydrogen-bond donors (Lipinski definition) is 0. The van der Waals surface area contributed by atoms with Crippen LogP contribution in [0.5, 0.6) is 11.5 Å². The standard InChI is InChI=1S/C28H37NO5/c1-27(2)13-18-25(20(30)15-27)24(17-8-9-22(33-6)23(12-17)34-7)26-19(29(18)10-11-32-5)14-28(3,4)16-21(26)31/h8-9,12,24H,10-11,13-16H2,1-7H3. The van der Waals surface area contributed by atoms with Crippen molar-refractivity contribution in [2.24, 2.45) is 10.8 Å². The van der Waals surface area contributed by atoms with E-state index >= 15 is 0 Å². The highest BCUT2D eigenvalue weighted by Gasteiger charge is 2.48. The molecule has 0 saturated carbocycles. The molecule has 1 aliphatic heterocycles. The number of ether oxygens (including phenoxy) is 3. The highest BCUT2D eigenvalue weighted by Crippen LogP contribution is 2.54. The number of allylic oxidation sites excluding steroid dienone is 4. The van der Waals surface area contributed by atoms with Gasteiger partial charge in [-0.3, -0.25) is 9.59 Å². The van der Waals surface area contributed by atoms with Gasteiger partial charge in [0, 0.05) is 55.0 Å². The number of ketones is 2. The summed E-state index contributed by atoms with van der Waals surface area (Å²) < 4.78 is 16.5. The highest BCUT2D eigenvalue weighted by molar-refractivity contribution is 6.06. The maximum absolute atomic E-state index is 13.7. The maximum Gasteiger partial charge on any atom is 0.162 e. The van der Waals surface area contributed by atoms with Crippen LogP contribution in [0.2, 0.25) is 0 Å². The molecule has 1 heterocycles. The fraction of sp³-hybridized carbons (Fsp3) is 0.571. The zero-order valence-electron chi connectivity index (χ0n) is 21.5. The number of carbonyl (C=O) groups is 2. The minimum atomic E-state index is -0.393. The zero-order valence-corrected chi connectivity index (χ0v) is 21.5. The van der Waals surface area contributed by atoms with Crippen molar-refractivity contribution < 1.29 is 23.8 Å². The van der Waals surface area contributed by atoms with Gasteiger partial charge in [-0.2, -0.15) is 0 Å². The van der Waals surface area contributed by atoms with Crippen LogP contribution >= 0.6 is 0 Å². The number of Topliss-reactive ketones (excluding diaryl/α,β-unsaturated/α-hetero) is 2. The van der Waals surface area contributed by atoms with Gasteiger partial charge >= 0.3 is 0 Å². The van der Waals surface area contributed by atoms with Crippen LogP contribution in [0.1, 0.15) is 64.9 Å². The average Bonchev–Trinajstić information content (AvgIpc) is 2.75. The second kappa shape index (κ2) is 8.88. The lowest BCUT2D eigenvalue weighted by Crippen LogP contribution is -2.45. The molecule has 0 atom stereocenters. The molecule has 0 aromatic heterocycles. The van der Waals surface area contributed by atoms with Gasteiger partial charge in [0.25, 0.3) is 0 Å². The molecule has 0 bridgehead atoms. The molecule has 6 nitrogen and oxygen atoms in total. The molecule has 184 valence electrons. The first-order valence-electron chi connectivity index (χ1n) is 12.0. The summed E-state index contributed by atoms with van der Waals surface area (Å²) in [6, 6.07) is 5.75. The van der Waals surface area contributed by atoms with Gasteiger partial charge in [-0.1, -0.05) is 33.8 Å². The molecule has 1 aromatic carbocycles. The van der Waals surface area contributed by atoms with Gasteiger partial charge in [0.1, 0.15) is 0 Å². The zero-order chi connectivity index (χ0) is 24.8. The van der Waals surface area contributed by atoms with E-state index in [4.69, 9.17) is 14.2 Å². The van der Waals surface area contributed by atoms with Crippen LogP contribution in [0.15, 0.2) is 40.7 Å². The van der Waals surface area contributed by atoms with Crippen molar-refractivity contribution in [3.63, 3.8) is 0 Å². The van der Waals surface area contributed by atoms with Crippen LogP contribution in [-0.4, -0.2) is 50.9 Å². The Morgan fingerprint density at radius 2 is 1.35 bits per heavy atom. The Bertz CT molecular complexity index is 1020. The lowest BCUT2D eigenvalue weighted by Gasteiger charge is -2.49. The first kappa shape index (κ1) is 24.5. The van der Waals surface area contributed by atoms with Gasteiger partial charge < -0.3 is 19.1 Å². The molecule has 34 heavy (non-hydrogen) atoms. The molecule has 0 radical (unpaired) electrons. The van der Waals surface area contributed by atoms with E-state index < -0.39 is 5.92 Å². The topological polar surface area (TPSA) is 65.1 Å². The van der Waals surface area contributed by atoms with E-state index in [1.165, 1.54) is 0 Å². The van der Waals surface area contributed by atoms with Gasteiger partial charge in [0.05, 0.1) is 20.8 Å². The maximum atomic E-state index is 13.7. The molecule has 4 rings (SSSR count). The third kappa shape index (κ3) is 4.28. The fourth-order valence-corrected chi connectivity index (χ4v) is 5.87. The molecule has 0 unspecified atom stereocenters. The molecule has 0 spiro atoms. The summed E-state index contributed by atoms with van der Waals surface area (Å²) >= 11 is 0. The summed E-state index contributed by atoms with van der Waals surface area (Å²) in [7, 11) is 4.90. The Labute approximate surface area is 202 Å². The molecule has 2 aliphatic carbocycles. The molecule has 0 saturated heterocycles. The second-order valence-corrected chi connectivity index (χ2v) is 11.3. The molecular formula is C28H37NO5. The van der Waals surface area contributed by atoms with E-state index in [-0.39, 0.29) is 22.4 Å². The molecule has 0 N–H and O–H groups in total. The number of methoxy groups -OCH3 is 3. The van der Waals surface area contributed by atoms with Crippen molar-refractivity contribution in [1.82, 2.24) is 4.90 Å². The van der Waals surface area contributed by atoms with Gasteiger partial charge in [0.15, 0.2) is 23.1 Å². The van der Waals surface area contributed by atoms with E-state index in [9.17, 15) is 9.59 Å². The van der Waals surface area contributed by atoms with Crippen molar-refractivity contribution in [1.29, 1.82) is 0 Å². The van der Waals surface area contributed by atoms with E-state index in [1.807, 2.05) is 18.2 Å². The molecule has 6 heteroatoms. The van der Waals surface area contributed by atoms with Gasteiger partial charge in [-0.25, -0.2) is 0 Å². The SMILES string of the molecule is COCCN1C2=C(C(=O)CC(C)(C)C2)C(c2ccc(OC)c(OC)c2)C2=C1CC(C)(C)CC2=O. The van der Waals surface area contributed by atoms with Crippen molar-refractivity contribution in [2.75, 3.05) is 34.5 Å². The summed E-state index contributed by atoms with van der Waals surface area (Å²) in [4.78, 5) is 29.7. The highest BCUT2D eigenvalue weighted by atomic mass is 16.5. The lowest BCUT2D eigenvalue weighted by atomic mass is 9.63. The average molecular weight is 468 g/mol. The lowest BCUT2D eigenvalue weighted by molar-refractivity contribution is -0.119. The normalized spacial score (nSPS) is 22.0. The fourth-order valence-electron chi connectivity index (χ4n) is 5.87. The van der Waals surface area contributed by atoms with E-state index in [0.717, 1.165) is 40.9 Å². The second-order valence-electron chi connectivity index (χ2n) is 11.3. The van der Waals surface area contributed by atoms with Crippen LogP contribution < -0.4 is 9.47 Å². The number of rotatable bonds is 6. The molecular weight excluding hydrogens is 430 g/mol. The van der Waals surface area contributed by atoms with E-state index in [2.05, 4.69) is 32.6 Å². The summed E-state index contributed by atoms with van der Waals surface area (Å²) in [5, 5.41) is 0. The van der Waals surface area contributed by atoms with Gasteiger partial charge in [0.2, 0.25) is 0 Å². The largest absolute Gasteiger partial charge is 0.493 e. The van der Waals surface area contributed by atoms with Crippen molar-refractivity contribution in [3.05, 3.63) is 46.3 Å². The predicted molar refractivity (Wildman–Crippen MR) is 131 cm³/mol. The predicted octanol–water partition coefficient (Wildman–Crippen LogP) is 5.04. The van der Waals surface area contributed by atoms with Crippen LogP contribution in [0.4, 0.5) is 0 Å². The van der Waals surface area contributed by atoms with E-state index in [1.54, 1.807) is 21.3 Å². The smallest absolute Gasteiger partial charge is 0.162 e. The quantitative estimate of drug-likeness (QED) is 0.584. The Kier molecular flexibility index (Phi) is 6.40. The molecule has 1 aromatic rings. The molecule has 0 fully saturated rings. The Balaban J connectivity index is 1.98. The number of carbonyl (C=O) groups excluding carboxylic acids is 2. The first-order valence-corrected chi connectivity index (χ1v) is 12.0. The summed E-state index contributed by atoms with van der Waals surface area (Å²) in [5.74, 6) is 1.07. The summed E-state index contributed by atoms with van der Waals surface area (Å²) in [6.07, 6.45) is 2.51. The minimum Gasteiger partial charge on any atom is -0.493 e. The number of benzene rings is 1. The van der Waals surface area contributed by atoms with E-state index in [0.29, 0.717) is 37.5 Å². The Morgan fingerprint density at radius 3 is 1.82 bits per heavy atom. The van der Waals surface area contributed by atoms with Crippen LogP contribution in [0, 0.1) is 10.8 Å². The summed E-state index contributed by atoms with van der Waals surface area (Å²) in [5.41, 5.74) is 4.21. The first-order chi connectivity index (χ1) is 16.0. The van der Waals surface area contributed by atoms with Gasteiger partial charge in [-0.15, -0.1) is 0 Å². The van der Waals surface area contributed by atoms with Crippen LogP contribution in [0.25, 0.3) is 0 Å². The molecule has 0 amide bonds. The Hall–Kier alpha value is -2.60.